The van der Waals surface area contributed by atoms with Gasteiger partial charge < -0.3 is 5.32 Å². The number of rotatable bonds is 5. The van der Waals surface area contributed by atoms with Crippen molar-refractivity contribution in [2.75, 3.05) is 5.32 Å². The number of sulfonamides is 1. The third-order valence-electron chi connectivity index (χ3n) is 3.09. The van der Waals surface area contributed by atoms with Gasteiger partial charge in [0, 0.05) is 12.6 Å². The summed E-state index contributed by atoms with van der Waals surface area (Å²) in [6.07, 6.45) is 0. The molecule has 0 atom stereocenters. The van der Waals surface area contributed by atoms with E-state index in [0.29, 0.717) is 21.5 Å². The first-order chi connectivity index (χ1) is 11.3. The lowest BCUT2D eigenvalue weighted by Gasteiger charge is -2.06. The first-order valence-electron chi connectivity index (χ1n) is 6.90. The quantitative estimate of drug-likeness (QED) is 0.693. The molecule has 3 aromatic rings. The standard InChI is InChI=1S/C13H14N6O3S2/c1-8-16-17-13-19(8)18-12(23-13)7-14-24(21,22)11-5-3-10(4-6-11)15-9(2)20/h3-6,14H,7H2,1-2H3,(H,15,20). The third-order valence-corrected chi connectivity index (χ3v) is 5.40. The summed E-state index contributed by atoms with van der Waals surface area (Å²) in [7, 11) is -3.68. The normalized spacial score (nSPS) is 11.8. The molecule has 9 nitrogen and oxygen atoms in total. The monoisotopic (exact) mass is 366 g/mol. The zero-order valence-corrected chi connectivity index (χ0v) is 14.5. The Hall–Kier alpha value is -2.37. The minimum Gasteiger partial charge on any atom is -0.326 e. The molecule has 3 rings (SSSR count). The van der Waals surface area contributed by atoms with Crippen molar-refractivity contribution >= 4 is 37.9 Å². The summed E-state index contributed by atoms with van der Waals surface area (Å²) >= 11 is 1.27. The summed E-state index contributed by atoms with van der Waals surface area (Å²) in [5, 5.41) is 15.2. The Morgan fingerprint density at radius 3 is 2.58 bits per heavy atom. The predicted molar refractivity (Wildman–Crippen MR) is 88.2 cm³/mol. The summed E-state index contributed by atoms with van der Waals surface area (Å²) in [5.41, 5.74) is 0.533. The van der Waals surface area contributed by atoms with Crippen LogP contribution in [0.2, 0.25) is 0 Å². The highest BCUT2D eigenvalue weighted by atomic mass is 32.2. The number of nitrogens with one attached hydrogen (secondary N) is 2. The van der Waals surface area contributed by atoms with Crippen LogP contribution in [-0.2, 0) is 21.4 Å². The van der Waals surface area contributed by atoms with Crippen molar-refractivity contribution in [1.82, 2.24) is 24.5 Å². The lowest BCUT2D eigenvalue weighted by Crippen LogP contribution is -2.23. The molecule has 0 aliphatic heterocycles. The second-order valence-corrected chi connectivity index (χ2v) is 7.77. The Labute approximate surface area is 141 Å². The third kappa shape index (κ3) is 3.42. The van der Waals surface area contributed by atoms with Crippen molar-refractivity contribution in [1.29, 1.82) is 0 Å². The predicted octanol–water partition coefficient (Wildman–Crippen LogP) is 0.931. The molecule has 1 aromatic carbocycles. The first-order valence-corrected chi connectivity index (χ1v) is 9.20. The van der Waals surface area contributed by atoms with E-state index in [1.54, 1.807) is 11.4 Å². The van der Waals surface area contributed by atoms with E-state index in [9.17, 15) is 13.2 Å². The van der Waals surface area contributed by atoms with Gasteiger partial charge in [-0.15, -0.1) is 10.2 Å². The molecule has 0 bridgehead atoms. The molecule has 2 N–H and O–H groups in total. The number of anilines is 1. The Kier molecular flexibility index (Phi) is 4.30. The smallest absolute Gasteiger partial charge is 0.240 e. The van der Waals surface area contributed by atoms with Gasteiger partial charge in [0.2, 0.25) is 20.9 Å². The molecule has 0 saturated carbocycles. The number of aryl methyl sites for hydroxylation is 1. The van der Waals surface area contributed by atoms with Crippen molar-refractivity contribution < 1.29 is 13.2 Å². The van der Waals surface area contributed by atoms with E-state index in [0.717, 1.165) is 0 Å². The van der Waals surface area contributed by atoms with Crippen molar-refractivity contribution in [2.45, 2.75) is 25.3 Å². The molecule has 0 fully saturated rings. The maximum Gasteiger partial charge on any atom is 0.240 e. The zero-order chi connectivity index (χ0) is 17.3. The number of fused-ring (bicyclic) bond motifs is 1. The summed E-state index contributed by atoms with van der Waals surface area (Å²) in [4.78, 5) is 11.7. The molecule has 126 valence electrons. The van der Waals surface area contributed by atoms with E-state index in [1.165, 1.54) is 42.5 Å². The second kappa shape index (κ2) is 6.26. The summed E-state index contributed by atoms with van der Waals surface area (Å²) < 4.78 is 28.7. The first kappa shape index (κ1) is 16.5. The topological polar surface area (TPSA) is 118 Å². The van der Waals surface area contributed by atoms with Gasteiger partial charge in [-0.05, 0) is 31.2 Å². The molecule has 24 heavy (non-hydrogen) atoms. The zero-order valence-electron chi connectivity index (χ0n) is 12.8. The van der Waals surface area contributed by atoms with Gasteiger partial charge in [0.15, 0.2) is 5.82 Å². The van der Waals surface area contributed by atoms with Crippen LogP contribution in [0.1, 0.15) is 17.8 Å². The number of nitrogens with zero attached hydrogens (tertiary/aromatic N) is 4. The maximum absolute atomic E-state index is 12.3. The van der Waals surface area contributed by atoms with Crippen LogP contribution < -0.4 is 10.0 Å². The SMILES string of the molecule is CC(=O)Nc1ccc(S(=O)(=O)NCc2nn3c(C)nnc3s2)cc1. The molecule has 0 unspecified atom stereocenters. The Balaban J connectivity index is 1.72. The largest absolute Gasteiger partial charge is 0.326 e. The van der Waals surface area contributed by atoms with Crippen LogP contribution in [0.4, 0.5) is 5.69 Å². The van der Waals surface area contributed by atoms with Crippen LogP contribution in [-0.4, -0.2) is 34.1 Å². The number of carbonyl (C=O) groups excluding carboxylic acids is 1. The molecule has 2 aromatic heterocycles. The van der Waals surface area contributed by atoms with Crippen LogP contribution in [0, 0.1) is 6.92 Å². The fourth-order valence-corrected chi connectivity index (χ4v) is 3.88. The minimum atomic E-state index is -3.68. The number of hydrogen-bond acceptors (Lipinski definition) is 7. The molecular weight excluding hydrogens is 352 g/mol. The van der Waals surface area contributed by atoms with Gasteiger partial charge in [0.1, 0.15) is 5.01 Å². The van der Waals surface area contributed by atoms with Crippen LogP contribution in [0.15, 0.2) is 29.2 Å². The second-order valence-electron chi connectivity index (χ2n) is 4.97. The summed E-state index contributed by atoms with van der Waals surface area (Å²) in [6.45, 7) is 3.21. The molecular formula is C13H14N6O3S2. The Bertz CT molecular complexity index is 991. The number of benzene rings is 1. The molecule has 0 aliphatic carbocycles. The Morgan fingerprint density at radius 1 is 1.25 bits per heavy atom. The van der Waals surface area contributed by atoms with Gasteiger partial charge in [0.05, 0.1) is 11.4 Å². The van der Waals surface area contributed by atoms with Crippen LogP contribution in [0.25, 0.3) is 4.96 Å². The van der Waals surface area contributed by atoms with E-state index < -0.39 is 10.0 Å². The van der Waals surface area contributed by atoms with Crippen LogP contribution in [0.5, 0.6) is 0 Å². The highest BCUT2D eigenvalue weighted by Gasteiger charge is 2.16. The lowest BCUT2D eigenvalue weighted by atomic mass is 10.3. The van der Waals surface area contributed by atoms with Crippen molar-refractivity contribution in [3.8, 4) is 0 Å². The molecule has 2 heterocycles. The van der Waals surface area contributed by atoms with E-state index >= 15 is 0 Å². The highest BCUT2D eigenvalue weighted by molar-refractivity contribution is 7.89. The van der Waals surface area contributed by atoms with Gasteiger partial charge in [-0.2, -0.15) is 9.61 Å². The number of carbonyl (C=O) groups is 1. The fourth-order valence-electron chi connectivity index (χ4n) is 1.99. The molecule has 0 radical (unpaired) electrons. The van der Waals surface area contributed by atoms with Crippen molar-refractivity contribution in [3.05, 3.63) is 35.1 Å². The Morgan fingerprint density at radius 2 is 1.96 bits per heavy atom. The molecule has 0 aliphatic rings. The summed E-state index contributed by atoms with van der Waals surface area (Å²) in [5.74, 6) is 0.422. The molecule has 0 saturated heterocycles. The van der Waals surface area contributed by atoms with Gasteiger partial charge in [-0.3, -0.25) is 4.79 Å². The lowest BCUT2D eigenvalue weighted by molar-refractivity contribution is -0.114. The number of amides is 1. The van der Waals surface area contributed by atoms with Gasteiger partial charge >= 0.3 is 0 Å². The van der Waals surface area contributed by atoms with Crippen LogP contribution >= 0.6 is 11.3 Å². The molecule has 1 amide bonds. The van der Waals surface area contributed by atoms with Crippen LogP contribution in [0.3, 0.4) is 0 Å². The minimum absolute atomic E-state index is 0.0588. The fraction of sp³-hybridized carbons (Fsp3) is 0.231. The molecule has 11 heteroatoms. The number of aromatic nitrogens is 4. The van der Waals surface area contributed by atoms with Crippen molar-refractivity contribution in [2.24, 2.45) is 0 Å². The maximum atomic E-state index is 12.3. The van der Waals surface area contributed by atoms with Crippen molar-refractivity contribution in [3.63, 3.8) is 0 Å². The van der Waals surface area contributed by atoms with E-state index in [1.807, 2.05) is 0 Å². The molecule has 0 spiro atoms. The average molecular weight is 366 g/mol. The number of hydrogen-bond donors (Lipinski definition) is 2. The van der Waals surface area contributed by atoms with E-state index in [-0.39, 0.29) is 17.3 Å². The van der Waals surface area contributed by atoms with Gasteiger partial charge in [0.25, 0.3) is 0 Å². The average Bonchev–Trinajstić information content (AvgIpc) is 3.07. The van der Waals surface area contributed by atoms with Gasteiger partial charge in [-0.25, -0.2) is 13.1 Å². The van der Waals surface area contributed by atoms with E-state index in [4.69, 9.17) is 0 Å². The van der Waals surface area contributed by atoms with E-state index in [2.05, 4.69) is 25.3 Å². The highest BCUT2D eigenvalue weighted by Crippen LogP contribution is 2.16. The van der Waals surface area contributed by atoms with Gasteiger partial charge in [-0.1, -0.05) is 11.3 Å². The summed E-state index contributed by atoms with van der Waals surface area (Å²) in [6, 6.07) is 5.91.